The lowest BCUT2D eigenvalue weighted by Crippen LogP contribution is -2.23. The monoisotopic (exact) mass is 485 g/mol. The number of hydrogen-bond donors (Lipinski definition) is 2. The second-order valence-corrected chi connectivity index (χ2v) is 6.76. The topological polar surface area (TPSA) is 104 Å². The third-order valence-electron chi connectivity index (χ3n) is 4.17. The minimum absolute atomic E-state index is 0.0881. The molecule has 1 saturated heterocycles. The summed E-state index contributed by atoms with van der Waals surface area (Å²) in [4.78, 5) is 29.3. The van der Waals surface area contributed by atoms with Crippen LogP contribution in [0.3, 0.4) is 0 Å². The molecule has 0 unspecified atom stereocenters. The van der Waals surface area contributed by atoms with Gasteiger partial charge >= 0.3 is 24.3 Å². The molecular weight excluding hydrogens is 472 g/mol. The Labute approximate surface area is 181 Å². The quantitative estimate of drug-likeness (QED) is 0.473. The van der Waals surface area contributed by atoms with Gasteiger partial charge in [-0.05, 0) is 37.1 Å². The molecule has 0 atom stereocenters. The first-order valence-electron chi connectivity index (χ1n) is 8.75. The fourth-order valence-electron chi connectivity index (χ4n) is 2.69. The first kappa shape index (κ1) is 25.2. The van der Waals surface area contributed by atoms with E-state index in [9.17, 15) is 35.9 Å². The molecule has 1 aliphatic rings. The number of anilines is 1. The standard InChI is InChI=1S/C11H11F3N2O2.C7H3ClF3NO2/c12-11(13,14)8-4-3-7(10(17)18)9(15-8)16-5-1-2-6-16;8-5-3(6(13)14)1-2-4(12-5)7(9,10)11/h3-4H,1-2,5-6H2,(H,17,18);1-2H,(H,13,14). The minimum Gasteiger partial charge on any atom is -0.478 e. The third-order valence-corrected chi connectivity index (χ3v) is 4.46. The molecule has 2 N–H and O–H groups in total. The average molecular weight is 486 g/mol. The van der Waals surface area contributed by atoms with E-state index in [2.05, 4.69) is 9.97 Å². The van der Waals surface area contributed by atoms with Crippen LogP contribution in [0.5, 0.6) is 0 Å². The number of aromatic carboxylic acids is 2. The highest BCUT2D eigenvalue weighted by atomic mass is 35.5. The van der Waals surface area contributed by atoms with Gasteiger partial charge < -0.3 is 15.1 Å². The Hall–Kier alpha value is -3.09. The van der Waals surface area contributed by atoms with Gasteiger partial charge in [0.05, 0.1) is 5.56 Å². The lowest BCUT2D eigenvalue weighted by molar-refractivity contribution is -0.141. The van der Waals surface area contributed by atoms with Crippen LogP contribution in [0.1, 0.15) is 44.9 Å². The van der Waals surface area contributed by atoms with E-state index in [1.54, 1.807) is 4.90 Å². The number of carboxylic acids is 2. The first-order valence-corrected chi connectivity index (χ1v) is 9.13. The van der Waals surface area contributed by atoms with Gasteiger partial charge in [-0.2, -0.15) is 26.3 Å². The fourth-order valence-corrected chi connectivity index (χ4v) is 2.93. The molecule has 3 rings (SSSR count). The number of carbonyl (C=O) groups is 2. The van der Waals surface area contributed by atoms with Crippen molar-refractivity contribution in [3.63, 3.8) is 0 Å². The molecule has 32 heavy (non-hydrogen) atoms. The van der Waals surface area contributed by atoms with Gasteiger partial charge in [-0.25, -0.2) is 19.6 Å². The van der Waals surface area contributed by atoms with Gasteiger partial charge in [-0.1, -0.05) is 11.6 Å². The largest absolute Gasteiger partial charge is 0.478 e. The molecule has 2 aromatic rings. The van der Waals surface area contributed by atoms with Gasteiger partial charge in [0.25, 0.3) is 0 Å². The van der Waals surface area contributed by atoms with E-state index in [1.165, 1.54) is 0 Å². The van der Waals surface area contributed by atoms with Crippen LogP contribution in [-0.2, 0) is 12.4 Å². The molecule has 174 valence electrons. The molecule has 0 amide bonds. The van der Waals surface area contributed by atoms with Gasteiger partial charge in [-0.3, -0.25) is 0 Å². The molecule has 0 aliphatic carbocycles. The summed E-state index contributed by atoms with van der Waals surface area (Å²) in [5.74, 6) is -2.77. The summed E-state index contributed by atoms with van der Waals surface area (Å²) in [6.45, 7) is 1.07. The lowest BCUT2D eigenvalue weighted by Gasteiger charge is -2.19. The fraction of sp³-hybridized carbons (Fsp3) is 0.333. The van der Waals surface area contributed by atoms with E-state index in [-0.39, 0.29) is 11.4 Å². The van der Waals surface area contributed by atoms with Crippen molar-refractivity contribution in [1.82, 2.24) is 9.97 Å². The van der Waals surface area contributed by atoms with Crippen LogP contribution in [0, 0.1) is 0 Å². The van der Waals surface area contributed by atoms with E-state index >= 15 is 0 Å². The summed E-state index contributed by atoms with van der Waals surface area (Å²) >= 11 is 5.24. The molecule has 0 saturated carbocycles. The maximum atomic E-state index is 12.6. The maximum Gasteiger partial charge on any atom is 0.433 e. The Bertz CT molecular complexity index is 1010. The predicted octanol–water partition coefficient (Wildman–Crippen LogP) is 4.85. The zero-order valence-corrected chi connectivity index (χ0v) is 16.6. The Balaban J connectivity index is 0.000000235. The minimum atomic E-state index is -4.62. The summed E-state index contributed by atoms with van der Waals surface area (Å²) < 4.78 is 73.8. The van der Waals surface area contributed by atoms with E-state index in [4.69, 9.17) is 21.8 Å². The highest BCUT2D eigenvalue weighted by molar-refractivity contribution is 6.32. The highest BCUT2D eigenvalue weighted by Crippen LogP contribution is 2.32. The summed E-state index contributed by atoms with van der Waals surface area (Å²) in [5, 5.41) is 16.8. The number of alkyl halides is 6. The highest BCUT2D eigenvalue weighted by Gasteiger charge is 2.35. The predicted molar refractivity (Wildman–Crippen MR) is 98.9 cm³/mol. The van der Waals surface area contributed by atoms with Crippen molar-refractivity contribution in [1.29, 1.82) is 0 Å². The van der Waals surface area contributed by atoms with Gasteiger partial charge in [-0.15, -0.1) is 0 Å². The van der Waals surface area contributed by atoms with Crippen molar-refractivity contribution in [3.8, 4) is 0 Å². The molecule has 1 fully saturated rings. The van der Waals surface area contributed by atoms with Crippen molar-refractivity contribution in [3.05, 3.63) is 51.9 Å². The number of pyridine rings is 2. The van der Waals surface area contributed by atoms with Gasteiger partial charge in [0.2, 0.25) is 0 Å². The molecule has 14 heteroatoms. The number of halogens is 7. The van der Waals surface area contributed by atoms with E-state index < -0.39 is 46.4 Å². The van der Waals surface area contributed by atoms with Crippen molar-refractivity contribution in [2.45, 2.75) is 25.2 Å². The smallest absolute Gasteiger partial charge is 0.433 e. The number of rotatable bonds is 3. The lowest BCUT2D eigenvalue weighted by atomic mass is 10.2. The number of carboxylic acid groups (broad SMARTS) is 2. The molecular formula is C18H14ClF6N3O4. The van der Waals surface area contributed by atoms with Crippen molar-refractivity contribution in [2.24, 2.45) is 0 Å². The molecule has 2 aromatic heterocycles. The Morgan fingerprint density at radius 1 is 0.812 bits per heavy atom. The number of hydrogen-bond acceptors (Lipinski definition) is 5. The van der Waals surface area contributed by atoms with Crippen LogP contribution in [0.15, 0.2) is 24.3 Å². The van der Waals surface area contributed by atoms with Gasteiger partial charge in [0.15, 0.2) is 0 Å². The molecule has 0 radical (unpaired) electrons. The summed E-state index contributed by atoms with van der Waals surface area (Å²) in [7, 11) is 0. The Morgan fingerprint density at radius 2 is 1.25 bits per heavy atom. The molecule has 0 bridgehead atoms. The second-order valence-electron chi connectivity index (χ2n) is 6.40. The summed E-state index contributed by atoms with van der Waals surface area (Å²) in [6, 6.07) is 2.99. The van der Waals surface area contributed by atoms with Crippen LogP contribution in [0.25, 0.3) is 0 Å². The van der Waals surface area contributed by atoms with E-state index in [1.807, 2.05) is 0 Å². The van der Waals surface area contributed by atoms with Gasteiger partial charge in [0.1, 0.15) is 27.9 Å². The zero-order valence-electron chi connectivity index (χ0n) is 15.8. The van der Waals surface area contributed by atoms with Gasteiger partial charge in [0, 0.05) is 13.1 Å². The van der Waals surface area contributed by atoms with Crippen LogP contribution in [-0.4, -0.2) is 45.2 Å². The maximum absolute atomic E-state index is 12.6. The molecule has 3 heterocycles. The first-order chi connectivity index (χ1) is 14.7. The van der Waals surface area contributed by atoms with Crippen molar-refractivity contribution < 1.29 is 46.1 Å². The molecule has 0 aromatic carbocycles. The third kappa shape index (κ3) is 6.22. The SMILES string of the molecule is O=C(O)c1ccc(C(F)(F)F)nc1Cl.O=C(O)c1ccc(C(F)(F)F)nc1N1CCCC1. The molecule has 0 spiro atoms. The molecule has 7 nitrogen and oxygen atoms in total. The van der Waals surface area contributed by atoms with Crippen LogP contribution < -0.4 is 4.90 Å². The van der Waals surface area contributed by atoms with Crippen LogP contribution >= 0.6 is 11.6 Å². The van der Waals surface area contributed by atoms with Crippen LogP contribution in [0.2, 0.25) is 5.15 Å². The van der Waals surface area contributed by atoms with Crippen molar-refractivity contribution >= 4 is 29.4 Å². The second kappa shape index (κ2) is 9.59. The normalized spacial score (nSPS) is 14.0. The average Bonchev–Trinajstić information content (AvgIpc) is 3.21. The zero-order chi connectivity index (χ0) is 24.3. The Morgan fingerprint density at radius 3 is 1.66 bits per heavy atom. The van der Waals surface area contributed by atoms with Crippen molar-refractivity contribution in [2.75, 3.05) is 18.0 Å². The van der Waals surface area contributed by atoms with E-state index in [0.717, 1.165) is 25.0 Å². The number of aromatic nitrogens is 2. The number of nitrogens with zero attached hydrogens (tertiary/aromatic N) is 3. The van der Waals surface area contributed by atoms with Crippen LogP contribution in [0.4, 0.5) is 32.2 Å². The Kier molecular flexibility index (Phi) is 7.54. The molecule has 1 aliphatic heterocycles. The summed E-state index contributed by atoms with van der Waals surface area (Å²) in [6.07, 6.45) is -7.53. The summed E-state index contributed by atoms with van der Waals surface area (Å²) in [5.41, 5.74) is -2.92. The van der Waals surface area contributed by atoms with E-state index in [0.29, 0.717) is 25.2 Å².